The Kier molecular flexibility index (Phi) is 29.2. The van der Waals surface area contributed by atoms with Crippen molar-refractivity contribution in [2.24, 2.45) is 0 Å². The first-order valence-corrected chi connectivity index (χ1v) is 8.97. The number of carbonyl (C=O) groups excluding carboxylic acids is 1. The van der Waals surface area contributed by atoms with E-state index in [2.05, 4.69) is 6.92 Å². The molecule has 4 heteroatoms. The van der Waals surface area contributed by atoms with E-state index in [0.717, 1.165) is 12.8 Å². The molecule has 0 aliphatic heterocycles. The zero-order valence-electron chi connectivity index (χ0n) is 14.6. The second-order valence-electron chi connectivity index (χ2n) is 6.07. The van der Waals surface area contributed by atoms with E-state index >= 15 is 0 Å². The van der Waals surface area contributed by atoms with Crippen LogP contribution in [0, 0.1) is 0 Å². The van der Waals surface area contributed by atoms with Crippen LogP contribution < -0.4 is 5.11 Å². The minimum Gasteiger partial charge on any atom is -0.870 e. The number of hydrogen-bond donors (Lipinski definition) is 0. The van der Waals surface area contributed by atoms with Crippen LogP contribution in [0.3, 0.4) is 0 Å². The summed E-state index contributed by atoms with van der Waals surface area (Å²) in [6.07, 6.45) is 19.9. The van der Waals surface area contributed by atoms with Gasteiger partial charge < -0.3 is 15.4 Å². The van der Waals surface area contributed by atoms with Crippen LogP contribution in [0.5, 0.6) is 0 Å². The number of rotatable bonds is 16. The van der Waals surface area contributed by atoms with Crippen LogP contribution in [0.1, 0.15) is 110 Å². The molecule has 0 unspecified atom stereocenters. The van der Waals surface area contributed by atoms with E-state index in [9.17, 15) is 9.90 Å². The van der Waals surface area contributed by atoms with E-state index in [1.54, 1.807) is 0 Å². The summed E-state index contributed by atoms with van der Waals surface area (Å²) in [4.78, 5) is 10.2. The largest absolute Gasteiger partial charge is 2.00 e. The smallest absolute Gasteiger partial charge is 0.870 e. The number of hydrogen-bond acceptors (Lipinski definition) is 3. The summed E-state index contributed by atoms with van der Waals surface area (Å²) in [5.41, 5.74) is 0. The number of carboxylic acid groups (broad SMARTS) is 1. The molecule has 0 bridgehead atoms. The fraction of sp³-hybridized carbons (Fsp3) is 0.944. The van der Waals surface area contributed by atoms with Crippen molar-refractivity contribution in [3.05, 3.63) is 0 Å². The molecule has 0 spiro atoms. The van der Waals surface area contributed by atoms with Gasteiger partial charge in [0.05, 0.1) is 0 Å². The van der Waals surface area contributed by atoms with Gasteiger partial charge in [-0.25, -0.2) is 0 Å². The molecule has 0 aromatic carbocycles. The molecular weight excluding hydrogens is 471 g/mol. The minimum absolute atomic E-state index is 0. The van der Waals surface area contributed by atoms with E-state index in [4.69, 9.17) is 0 Å². The van der Waals surface area contributed by atoms with Gasteiger partial charge in [-0.2, -0.15) is 0 Å². The summed E-state index contributed by atoms with van der Waals surface area (Å²) in [5.74, 6) is -0.903. The summed E-state index contributed by atoms with van der Waals surface area (Å²) in [5, 5.41) is 10.2. The second kappa shape index (κ2) is 23.6. The molecule has 0 amide bonds. The molecule has 0 fully saturated rings. The molecular formula is C18H36O3Pb. The molecule has 0 rings (SSSR count). The van der Waals surface area contributed by atoms with Crippen LogP contribution in [0.2, 0.25) is 0 Å². The van der Waals surface area contributed by atoms with Crippen LogP contribution in [0.15, 0.2) is 0 Å². The maximum atomic E-state index is 10.2. The molecule has 0 saturated heterocycles. The van der Waals surface area contributed by atoms with E-state index < -0.39 is 5.97 Å². The average Bonchev–Trinajstić information content (AvgIpc) is 2.43. The third kappa shape index (κ3) is 25.3. The molecule has 0 aromatic rings. The van der Waals surface area contributed by atoms with Gasteiger partial charge in [0.15, 0.2) is 0 Å². The molecule has 0 saturated carbocycles. The van der Waals surface area contributed by atoms with Crippen molar-refractivity contribution in [2.45, 2.75) is 110 Å². The summed E-state index contributed by atoms with van der Waals surface area (Å²) >= 11 is 0. The van der Waals surface area contributed by atoms with Gasteiger partial charge in [-0.15, -0.1) is 0 Å². The fourth-order valence-electron chi connectivity index (χ4n) is 2.64. The number of unbranched alkanes of at least 4 members (excludes halogenated alkanes) is 14. The normalized spacial score (nSPS) is 9.86. The first-order chi connectivity index (χ1) is 9.77. The van der Waals surface area contributed by atoms with Crippen molar-refractivity contribution >= 4 is 33.3 Å². The van der Waals surface area contributed by atoms with Crippen LogP contribution in [-0.4, -0.2) is 38.7 Å². The van der Waals surface area contributed by atoms with Gasteiger partial charge in [-0.05, 0) is 12.8 Å². The van der Waals surface area contributed by atoms with Crippen molar-refractivity contribution in [3.63, 3.8) is 0 Å². The fourth-order valence-corrected chi connectivity index (χ4v) is 2.64. The third-order valence-corrected chi connectivity index (χ3v) is 3.98. The van der Waals surface area contributed by atoms with Gasteiger partial charge in [0, 0.05) is 5.97 Å². The molecule has 3 nitrogen and oxygen atoms in total. The van der Waals surface area contributed by atoms with Gasteiger partial charge in [0.2, 0.25) is 0 Å². The molecule has 0 aliphatic rings. The van der Waals surface area contributed by atoms with Crippen molar-refractivity contribution < 1.29 is 15.4 Å². The Morgan fingerprint density at radius 2 is 0.909 bits per heavy atom. The van der Waals surface area contributed by atoms with E-state index in [1.807, 2.05) is 0 Å². The first-order valence-electron chi connectivity index (χ1n) is 8.97. The molecule has 130 valence electrons. The zero-order valence-corrected chi connectivity index (χ0v) is 18.5. The van der Waals surface area contributed by atoms with Crippen molar-refractivity contribution in [1.29, 1.82) is 0 Å². The summed E-state index contributed by atoms with van der Waals surface area (Å²) in [6, 6.07) is 0. The minimum atomic E-state index is -0.903. The topological polar surface area (TPSA) is 70.1 Å². The number of carbonyl (C=O) groups is 1. The zero-order chi connectivity index (χ0) is 14.9. The Balaban J connectivity index is -0.00000180. The van der Waals surface area contributed by atoms with Crippen LogP contribution >= 0.6 is 0 Å². The van der Waals surface area contributed by atoms with Gasteiger partial charge in [-0.3, -0.25) is 0 Å². The van der Waals surface area contributed by atoms with Crippen molar-refractivity contribution in [3.8, 4) is 0 Å². The molecule has 2 radical (unpaired) electrons. The summed E-state index contributed by atoms with van der Waals surface area (Å²) < 4.78 is 0. The molecule has 0 aromatic heterocycles. The average molecular weight is 508 g/mol. The monoisotopic (exact) mass is 508 g/mol. The van der Waals surface area contributed by atoms with E-state index in [0.29, 0.717) is 0 Å². The maximum absolute atomic E-state index is 10.2. The Morgan fingerprint density at radius 3 is 1.18 bits per heavy atom. The predicted molar refractivity (Wildman–Crippen MR) is 92.2 cm³/mol. The molecule has 22 heavy (non-hydrogen) atoms. The Hall–Kier alpha value is 0.352. The quantitative estimate of drug-likeness (QED) is 0.229. The molecule has 0 aliphatic carbocycles. The summed E-state index contributed by atoms with van der Waals surface area (Å²) in [6.45, 7) is 2.27. The Labute approximate surface area is 158 Å². The van der Waals surface area contributed by atoms with Gasteiger partial charge >= 0.3 is 27.3 Å². The van der Waals surface area contributed by atoms with Crippen LogP contribution in [0.25, 0.3) is 0 Å². The predicted octanol–water partition coefficient (Wildman–Crippen LogP) is 4.44. The van der Waals surface area contributed by atoms with E-state index in [-0.39, 0.29) is 39.2 Å². The third-order valence-electron chi connectivity index (χ3n) is 3.98. The molecule has 0 heterocycles. The van der Waals surface area contributed by atoms with E-state index in [1.165, 1.54) is 83.5 Å². The van der Waals surface area contributed by atoms with Gasteiger partial charge in [0.1, 0.15) is 0 Å². The molecule has 0 atom stereocenters. The number of carboxylic acids is 1. The Bertz CT molecular complexity index is 211. The first kappa shape index (κ1) is 27.2. The van der Waals surface area contributed by atoms with Gasteiger partial charge in [-0.1, -0.05) is 96.8 Å². The second-order valence-corrected chi connectivity index (χ2v) is 6.07. The summed E-state index contributed by atoms with van der Waals surface area (Å²) in [7, 11) is 0. The van der Waals surface area contributed by atoms with Crippen LogP contribution in [0.4, 0.5) is 0 Å². The number of aliphatic carboxylic acids is 1. The standard InChI is InChI=1S/C18H36O2.H2O.Pb/c1-2-3-4-5-6-7-8-9-10-11-12-13-14-15-16-17-18(19)20;;/h2-17H2,1H3,(H,19,20);1H2;/q;;+2/p-2. The molecule has 1 N–H and O–H groups in total. The maximum Gasteiger partial charge on any atom is 2.00 e. The SMILES string of the molecule is CCCCCCCCCCCCCCCCCC(=O)[O-].[OH-].[Pb+2]. The van der Waals surface area contributed by atoms with Crippen molar-refractivity contribution in [2.75, 3.05) is 0 Å². The Morgan fingerprint density at radius 1 is 0.636 bits per heavy atom. The van der Waals surface area contributed by atoms with Gasteiger partial charge in [0.25, 0.3) is 0 Å². The van der Waals surface area contributed by atoms with Crippen LogP contribution in [-0.2, 0) is 4.79 Å². The van der Waals surface area contributed by atoms with Crippen molar-refractivity contribution in [1.82, 2.24) is 0 Å².